The quantitative estimate of drug-likeness (QED) is 0.561. The van der Waals surface area contributed by atoms with Gasteiger partial charge in [0.15, 0.2) is 0 Å². The van der Waals surface area contributed by atoms with Crippen molar-refractivity contribution in [3.63, 3.8) is 0 Å². The van der Waals surface area contributed by atoms with Gasteiger partial charge in [-0.15, -0.1) is 0 Å². The predicted octanol–water partition coefficient (Wildman–Crippen LogP) is 2.06. The smallest absolute Gasteiger partial charge is 0.134 e. The van der Waals surface area contributed by atoms with E-state index in [4.69, 9.17) is 27.1 Å². The van der Waals surface area contributed by atoms with Crippen molar-refractivity contribution in [3.05, 3.63) is 11.5 Å². The van der Waals surface area contributed by atoms with Crippen LogP contribution < -0.4 is 0 Å². The predicted molar refractivity (Wildman–Crippen MR) is 57.7 cm³/mol. The first-order valence-electron chi connectivity index (χ1n) is 4.82. The van der Waals surface area contributed by atoms with Crippen molar-refractivity contribution in [3.8, 4) is 0 Å². The summed E-state index contributed by atoms with van der Waals surface area (Å²) in [5.41, 5.74) is 0.542. The van der Waals surface area contributed by atoms with Crippen LogP contribution in [0.2, 0.25) is 0 Å². The second-order valence-corrected chi connectivity index (χ2v) is 3.79. The standard InChI is InChI=1S/C10H13NO2S/c11-8(6-14)7-1-2-9-10(5-7)13-4-3-12-9/h6-7,11H,1-5H2. The zero-order valence-corrected chi connectivity index (χ0v) is 8.73. The van der Waals surface area contributed by atoms with Crippen LogP contribution in [-0.4, -0.2) is 24.3 Å². The Morgan fingerprint density at radius 1 is 1.36 bits per heavy atom. The number of rotatable bonds is 2. The molecule has 0 saturated heterocycles. The van der Waals surface area contributed by atoms with E-state index in [-0.39, 0.29) is 5.92 Å². The van der Waals surface area contributed by atoms with Gasteiger partial charge in [0, 0.05) is 29.8 Å². The van der Waals surface area contributed by atoms with Gasteiger partial charge in [0.25, 0.3) is 0 Å². The first-order valence-corrected chi connectivity index (χ1v) is 5.29. The summed E-state index contributed by atoms with van der Waals surface area (Å²) < 4.78 is 11.0. The molecule has 1 N–H and O–H groups in total. The molecule has 1 unspecified atom stereocenters. The minimum Gasteiger partial charge on any atom is -0.491 e. The molecule has 2 rings (SSSR count). The zero-order chi connectivity index (χ0) is 9.97. The molecule has 0 fully saturated rings. The van der Waals surface area contributed by atoms with Gasteiger partial charge in [-0.2, -0.15) is 0 Å². The lowest BCUT2D eigenvalue weighted by atomic mass is 9.88. The van der Waals surface area contributed by atoms with Crippen LogP contribution in [-0.2, 0) is 9.47 Å². The first kappa shape index (κ1) is 9.65. The van der Waals surface area contributed by atoms with Crippen molar-refractivity contribution in [2.24, 2.45) is 5.92 Å². The third kappa shape index (κ3) is 1.80. The van der Waals surface area contributed by atoms with E-state index in [0.29, 0.717) is 18.9 Å². The van der Waals surface area contributed by atoms with Crippen molar-refractivity contribution in [2.45, 2.75) is 19.3 Å². The molecule has 0 amide bonds. The summed E-state index contributed by atoms with van der Waals surface area (Å²) in [6, 6.07) is 0. The maximum absolute atomic E-state index is 7.66. The van der Waals surface area contributed by atoms with Gasteiger partial charge in [-0.05, 0) is 6.42 Å². The zero-order valence-electron chi connectivity index (χ0n) is 7.91. The fourth-order valence-corrected chi connectivity index (χ4v) is 2.06. The number of nitrogens with one attached hydrogen (secondary N) is 1. The van der Waals surface area contributed by atoms with Crippen LogP contribution in [0, 0.1) is 11.3 Å². The summed E-state index contributed by atoms with van der Waals surface area (Å²) in [5.74, 6) is 2.16. The van der Waals surface area contributed by atoms with E-state index in [1.165, 1.54) is 5.37 Å². The lowest BCUT2D eigenvalue weighted by Crippen LogP contribution is -2.25. The van der Waals surface area contributed by atoms with Gasteiger partial charge in [-0.3, -0.25) is 0 Å². The molecule has 4 heteroatoms. The van der Waals surface area contributed by atoms with Crippen molar-refractivity contribution in [1.29, 1.82) is 5.41 Å². The molecule has 0 radical (unpaired) electrons. The number of hydrogen-bond acceptors (Lipinski definition) is 4. The Morgan fingerprint density at radius 2 is 2.07 bits per heavy atom. The molecular weight excluding hydrogens is 198 g/mol. The number of ether oxygens (including phenoxy) is 2. The van der Waals surface area contributed by atoms with Gasteiger partial charge < -0.3 is 14.9 Å². The minimum absolute atomic E-state index is 0.230. The molecule has 0 bridgehead atoms. The summed E-state index contributed by atoms with van der Waals surface area (Å²) in [6.45, 7) is 1.30. The van der Waals surface area contributed by atoms with Crippen LogP contribution in [0.5, 0.6) is 0 Å². The highest BCUT2D eigenvalue weighted by Crippen LogP contribution is 2.32. The SMILES string of the molecule is N=C(C=S)C1CCC2=C(C1)OCCO2. The Kier molecular flexibility index (Phi) is 2.82. The number of allylic oxidation sites excluding steroid dienone is 2. The summed E-state index contributed by atoms with van der Waals surface area (Å²) in [6.07, 6.45) is 2.61. The van der Waals surface area contributed by atoms with E-state index in [2.05, 4.69) is 0 Å². The minimum atomic E-state index is 0.230. The van der Waals surface area contributed by atoms with Crippen molar-refractivity contribution >= 4 is 23.3 Å². The molecule has 76 valence electrons. The largest absolute Gasteiger partial charge is 0.491 e. The van der Waals surface area contributed by atoms with Gasteiger partial charge in [0.1, 0.15) is 24.7 Å². The summed E-state index contributed by atoms with van der Waals surface area (Å²) in [7, 11) is 0. The fourth-order valence-electron chi connectivity index (χ4n) is 1.87. The normalized spacial score (nSPS) is 25.9. The molecule has 3 nitrogen and oxygen atoms in total. The molecule has 1 aliphatic heterocycles. The second-order valence-electron chi connectivity index (χ2n) is 3.56. The van der Waals surface area contributed by atoms with Crippen molar-refractivity contribution in [1.82, 2.24) is 0 Å². The fraction of sp³-hybridized carbons (Fsp3) is 0.600. The van der Waals surface area contributed by atoms with Crippen molar-refractivity contribution in [2.75, 3.05) is 13.2 Å². The average molecular weight is 211 g/mol. The molecular formula is C10H13NO2S. The highest BCUT2D eigenvalue weighted by atomic mass is 32.1. The topological polar surface area (TPSA) is 42.3 Å². The average Bonchev–Trinajstić information content (AvgIpc) is 2.27. The lowest BCUT2D eigenvalue weighted by molar-refractivity contribution is 0.0420. The van der Waals surface area contributed by atoms with Crippen LogP contribution in [0.15, 0.2) is 11.5 Å². The van der Waals surface area contributed by atoms with Gasteiger partial charge >= 0.3 is 0 Å². The maximum Gasteiger partial charge on any atom is 0.134 e. The van der Waals surface area contributed by atoms with Crippen LogP contribution >= 0.6 is 12.2 Å². The highest BCUT2D eigenvalue weighted by molar-refractivity contribution is 7.80. The van der Waals surface area contributed by atoms with E-state index < -0.39 is 0 Å². The number of thiocarbonyl (C=S) groups is 1. The number of hydrogen-bond donors (Lipinski definition) is 1. The van der Waals surface area contributed by atoms with Crippen LogP contribution in [0.25, 0.3) is 0 Å². The molecule has 1 atom stereocenters. The summed E-state index contributed by atoms with van der Waals surface area (Å²) in [5, 5.41) is 9.12. The third-order valence-corrected chi connectivity index (χ3v) is 2.92. The van der Waals surface area contributed by atoms with Gasteiger partial charge in [0.05, 0.1) is 0 Å². The molecule has 0 aromatic rings. The molecule has 0 aromatic carbocycles. The Balaban J connectivity index is 2.08. The van der Waals surface area contributed by atoms with E-state index in [9.17, 15) is 0 Å². The van der Waals surface area contributed by atoms with Gasteiger partial charge in [0.2, 0.25) is 0 Å². The lowest BCUT2D eigenvalue weighted by Gasteiger charge is -2.29. The molecule has 14 heavy (non-hydrogen) atoms. The van der Waals surface area contributed by atoms with Gasteiger partial charge in [-0.1, -0.05) is 12.2 Å². The molecule has 0 spiro atoms. The van der Waals surface area contributed by atoms with Crippen LogP contribution in [0.1, 0.15) is 19.3 Å². The van der Waals surface area contributed by atoms with Crippen LogP contribution in [0.4, 0.5) is 0 Å². The van der Waals surface area contributed by atoms with E-state index in [1.807, 2.05) is 0 Å². The maximum atomic E-state index is 7.66. The summed E-state index contributed by atoms with van der Waals surface area (Å²) in [4.78, 5) is 0. The van der Waals surface area contributed by atoms with E-state index >= 15 is 0 Å². The first-order chi connectivity index (χ1) is 6.81. The van der Waals surface area contributed by atoms with E-state index in [0.717, 1.165) is 30.8 Å². The van der Waals surface area contributed by atoms with Crippen molar-refractivity contribution < 1.29 is 9.47 Å². The van der Waals surface area contributed by atoms with Crippen LogP contribution in [0.3, 0.4) is 0 Å². The summed E-state index contributed by atoms with van der Waals surface area (Å²) >= 11 is 4.76. The molecule has 1 heterocycles. The molecule has 1 aliphatic carbocycles. The molecule has 0 aromatic heterocycles. The Morgan fingerprint density at radius 3 is 2.79 bits per heavy atom. The second kappa shape index (κ2) is 4.09. The van der Waals surface area contributed by atoms with E-state index in [1.54, 1.807) is 0 Å². The third-order valence-electron chi connectivity index (χ3n) is 2.67. The highest BCUT2D eigenvalue weighted by Gasteiger charge is 2.27. The monoisotopic (exact) mass is 211 g/mol. The molecule has 2 aliphatic rings. The Labute approximate surface area is 88.6 Å². The van der Waals surface area contributed by atoms with Gasteiger partial charge in [-0.25, -0.2) is 0 Å². The Bertz CT molecular complexity index is 298. The Hall–Kier alpha value is -0.900. The molecule has 0 saturated carbocycles.